The van der Waals surface area contributed by atoms with E-state index in [9.17, 15) is 14.3 Å². The molecule has 4 nitrogen and oxygen atoms in total. The highest BCUT2D eigenvalue weighted by Crippen LogP contribution is 2.09. The zero-order valence-electron chi connectivity index (χ0n) is 13.1. The molecule has 3 N–H and O–H groups in total. The largest absolute Gasteiger partial charge is 0.394 e. The number of rotatable bonds is 6. The van der Waals surface area contributed by atoms with E-state index in [2.05, 4.69) is 10.6 Å². The average Bonchev–Trinajstić information content (AvgIpc) is 2.56. The van der Waals surface area contributed by atoms with Crippen molar-refractivity contribution in [1.29, 1.82) is 0 Å². The van der Waals surface area contributed by atoms with E-state index in [1.54, 1.807) is 19.1 Å². The lowest BCUT2D eigenvalue weighted by molar-refractivity contribution is 0.215. The Bertz CT molecular complexity index is 647. The zero-order valence-corrected chi connectivity index (χ0v) is 13.1. The van der Waals surface area contributed by atoms with Crippen molar-refractivity contribution in [2.75, 3.05) is 6.61 Å². The topological polar surface area (TPSA) is 61.4 Å². The number of nitrogens with one attached hydrogen (secondary N) is 2. The summed E-state index contributed by atoms with van der Waals surface area (Å²) in [5.41, 5.74) is 2.41. The van der Waals surface area contributed by atoms with Crippen LogP contribution in [0.15, 0.2) is 48.5 Å². The Hall–Kier alpha value is -2.40. The molecule has 0 saturated carbocycles. The van der Waals surface area contributed by atoms with Crippen LogP contribution in [0.5, 0.6) is 0 Å². The molecule has 0 heterocycles. The first-order valence-electron chi connectivity index (χ1n) is 7.52. The highest BCUT2D eigenvalue weighted by Gasteiger charge is 2.12. The lowest BCUT2D eigenvalue weighted by atomic mass is 10.1. The van der Waals surface area contributed by atoms with Crippen molar-refractivity contribution in [1.82, 2.24) is 10.6 Å². The van der Waals surface area contributed by atoms with Gasteiger partial charge < -0.3 is 15.7 Å². The summed E-state index contributed by atoms with van der Waals surface area (Å²) in [5, 5.41) is 14.9. The summed E-state index contributed by atoms with van der Waals surface area (Å²) in [6.45, 7) is 1.84. The maximum absolute atomic E-state index is 13.2. The molecule has 0 radical (unpaired) electrons. The molecule has 1 unspecified atom stereocenters. The molecule has 1 atom stereocenters. The second kappa shape index (κ2) is 8.29. The minimum absolute atomic E-state index is 0.141. The van der Waals surface area contributed by atoms with Gasteiger partial charge in [-0.2, -0.15) is 0 Å². The van der Waals surface area contributed by atoms with Crippen molar-refractivity contribution < 1.29 is 14.3 Å². The average molecular weight is 316 g/mol. The molecule has 0 spiro atoms. The molecule has 2 rings (SSSR count). The first-order valence-corrected chi connectivity index (χ1v) is 7.52. The van der Waals surface area contributed by atoms with Crippen molar-refractivity contribution in [3.63, 3.8) is 0 Å². The Morgan fingerprint density at radius 2 is 1.91 bits per heavy atom. The Kier molecular flexibility index (Phi) is 6.11. The van der Waals surface area contributed by atoms with Crippen LogP contribution in [0.2, 0.25) is 0 Å². The minimum Gasteiger partial charge on any atom is -0.394 e. The number of aryl methyl sites for hydroxylation is 1. The molecule has 5 heteroatoms. The summed E-state index contributed by atoms with van der Waals surface area (Å²) in [4.78, 5) is 11.9. The van der Waals surface area contributed by atoms with Crippen molar-refractivity contribution >= 4 is 6.03 Å². The molecular formula is C18H21FN2O2. The number of halogens is 1. The Morgan fingerprint density at radius 1 is 1.17 bits per heavy atom. The number of amides is 2. The summed E-state index contributed by atoms with van der Waals surface area (Å²) < 4.78 is 13.2. The van der Waals surface area contributed by atoms with Crippen LogP contribution in [-0.4, -0.2) is 23.8 Å². The van der Waals surface area contributed by atoms with Crippen LogP contribution in [0.3, 0.4) is 0 Å². The van der Waals surface area contributed by atoms with Crippen molar-refractivity contribution in [2.45, 2.75) is 25.9 Å². The molecule has 122 valence electrons. The maximum Gasteiger partial charge on any atom is 0.315 e. The van der Waals surface area contributed by atoms with Crippen LogP contribution in [0, 0.1) is 12.7 Å². The number of hydrogen-bond donors (Lipinski definition) is 3. The number of aliphatic hydroxyl groups is 1. The molecule has 2 amide bonds. The first kappa shape index (κ1) is 17.0. The third kappa shape index (κ3) is 5.38. The van der Waals surface area contributed by atoms with Gasteiger partial charge in [0.25, 0.3) is 0 Å². The summed E-state index contributed by atoms with van der Waals surface area (Å²) in [5.74, 6) is -0.263. The van der Waals surface area contributed by atoms with Crippen LogP contribution >= 0.6 is 0 Å². The Balaban J connectivity index is 1.83. The number of carbonyl (C=O) groups excluding carboxylic acids is 1. The van der Waals surface area contributed by atoms with E-state index < -0.39 is 0 Å². The number of carbonyl (C=O) groups is 1. The van der Waals surface area contributed by atoms with E-state index in [4.69, 9.17) is 0 Å². The highest BCUT2D eigenvalue weighted by atomic mass is 19.1. The van der Waals surface area contributed by atoms with Gasteiger partial charge in [0, 0.05) is 6.54 Å². The van der Waals surface area contributed by atoms with Gasteiger partial charge in [-0.25, -0.2) is 9.18 Å². The fourth-order valence-electron chi connectivity index (χ4n) is 2.30. The third-order valence-corrected chi connectivity index (χ3v) is 3.56. The van der Waals surface area contributed by atoms with Crippen LogP contribution < -0.4 is 10.6 Å². The van der Waals surface area contributed by atoms with Gasteiger partial charge in [-0.1, -0.05) is 42.5 Å². The zero-order chi connectivity index (χ0) is 16.7. The third-order valence-electron chi connectivity index (χ3n) is 3.56. The lowest BCUT2D eigenvalue weighted by Crippen LogP contribution is -2.44. The lowest BCUT2D eigenvalue weighted by Gasteiger charge is -2.17. The fraction of sp³-hybridized carbons (Fsp3) is 0.278. The summed E-state index contributed by atoms with van der Waals surface area (Å²) in [6.07, 6.45) is 0.556. The van der Waals surface area contributed by atoms with Gasteiger partial charge in [-0.3, -0.25) is 0 Å². The summed E-state index contributed by atoms with van der Waals surface area (Å²) in [6, 6.07) is 13.7. The SMILES string of the molecule is Cc1cc(CNC(=O)NC(CO)Cc2ccccc2)ccc1F. The number of benzene rings is 2. The molecule has 0 bridgehead atoms. The van der Waals surface area contributed by atoms with Gasteiger partial charge in [0.15, 0.2) is 0 Å². The molecule has 2 aromatic carbocycles. The first-order chi connectivity index (χ1) is 11.1. The Labute approximate surface area is 135 Å². The van der Waals surface area contributed by atoms with Crippen LogP contribution in [0.1, 0.15) is 16.7 Å². The number of urea groups is 1. The predicted molar refractivity (Wildman–Crippen MR) is 87.5 cm³/mol. The Morgan fingerprint density at radius 3 is 2.57 bits per heavy atom. The van der Waals surface area contributed by atoms with Gasteiger partial charge in [-0.15, -0.1) is 0 Å². The van der Waals surface area contributed by atoms with Gasteiger partial charge in [0.2, 0.25) is 0 Å². The normalized spacial score (nSPS) is 11.8. The van der Waals surface area contributed by atoms with E-state index in [0.717, 1.165) is 11.1 Å². The second-order valence-electron chi connectivity index (χ2n) is 5.48. The van der Waals surface area contributed by atoms with Crippen molar-refractivity contribution in [2.24, 2.45) is 0 Å². The number of hydrogen-bond acceptors (Lipinski definition) is 2. The minimum atomic E-state index is -0.359. The van der Waals surface area contributed by atoms with Crippen molar-refractivity contribution in [3.8, 4) is 0 Å². The summed E-state index contributed by atoms with van der Waals surface area (Å²) in [7, 11) is 0. The van der Waals surface area contributed by atoms with Crippen molar-refractivity contribution in [3.05, 3.63) is 71.0 Å². The summed E-state index contributed by atoms with van der Waals surface area (Å²) >= 11 is 0. The molecule has 0 fully saturated rings. The van der Waals surface area contributed by atoms with E-state index in [1.807, 2.05) is 30.3 Å². The van der Waals surface area contributed by atoms with Crippen LogP contribution in [-0.2, 0) is 13.0 Å². The quantitative estimate of drug-likeness (QED) is 0.767. The highest BCUT2D eigenvalue weighted by molar-refractivity contribution is 5.74. The molecule has 0 aliphatic carbocycles. The standard InChI is InChI=1S/C18H21FN2O2/c1-13-9-15(7-8-17(13)19)11-20-18(23)21-16(12-22)10-14-5-3-2-4-6-14/h2-9,16,22H,10-12H2,1H3,(H2,20,21,23). The van der Waals surface area contributed by atoms with E-state index in [-0.39, 0.29) is 24.5 Å². The van der Waals surface area contributed by atoms with Crippen LogP contribution in [0.4, 0.5) is 9.18 Å². The maximum atomic E-state index is 13.2. The van der Waals surface area contributed by atoms with Crippen LogP contribution in [0.25, 0.3) is 0 Å². The van der Waals surface area contributed by atoms with Gasteiger partial charge in [0.05, 0.1) is 12.6 Å². The smallest absolute Gasteiger partial charge is 0.315 e. The van der Waals surface area contributed by atoms with Gasteiger partial charge in [0.1, 0.15) is 5.82 Å². The van der Waals surface area contributed by atoms with E-state index in [1.165, 1.54) is 6.07 Å². The van der Waals surface area contributed by atoms with Gasteiger partial charge >= 0.3 is 6.03 Å². The second-order valence-corrected chi connectivity index (χ2v) is 5.48. The monoisotopic (exact) mass is 316 g/mol. The van der Waals surface area contributed by atoms with Gasteiger partial charge in [-0.05, 0) is 36.1 Å². The molecule has 2 aromatic rings. The molecule has 23 heavy (non-hydrogen) atoms. The number of aliphatic hydroxyl groups excluding tert-OH is 1. The van der Waals surface area contributed by atoms with E-state index >= 15 is 0 Å². The fourth-order valence-corrected chi connectivity index (χ4v) is 2.30. The predicted octanol–water partition coefficient (Wildman–Crippen LogP) is 2.54. The molecule has 0 aliphatic rings. The van der Waals surface area contributed by atoms with E-state index in [0.29, 0.717) is 18.5 Å². The molecular weight excluding hydrogens is 295 g/mol. The molecule has 0 aromatic heterocycles. The molecule has 0 saturated heterocycles. The molecule has 0 aliphatic heterocycles.